The number of aryl methyl sites for hydroxylation is 1. The topological polar surface area (TPSA) is 127 Å². The number of hydrogen-bond donors (Lipinski definition) is 2. The van der Waals surface area contributed by atoms with E-state index in [-0.39, 0.29) is 22.0 Å². The minimum atomic E-state index is -1.27. The van der Waals surface area contributed by atoms with Gasteiger partial charge in [0.15, 0.2) is 5.69 Å². The highest BCUT2D eigenvalue weighted by atomic mass is 35.5. The van der Waals surface area contributed by atoms with Crippen LogP contribution in [0.5, 0.6) is 0 Å². The highest BCUT2D eigenvalue weighted by Gasteiger charge is 2.20. The average molecular weight is 325 g/mol. The van der Waals surface area contributed by atoms with Gasteiger partial charge in [-0.2, -0.15) is 5.10 Å². The average Bonchev–Trinajstić information content (AvgIpc) is 2.79. The van der Waals surface area contributed by atoms with E-state index in [0.29, 0.717) is 0 Å². The Morgan fingerprint density at radius 2 is 2.14 bits per heavy atom. The molecule has 22 heavy (non-hydrogen) atoms. The Hall–Kier alpha value is -2.94. The van der Waals surface area contributed by atoms with E-state index in [4.69, 9.17) is 16.7 Å². The molecule has 1 aromatic heterocycles. The number of nitrogens with one attached hydrogen (secondary N) is 1. The Bertz CT molecular complexity index is 786. The summed E-state index contributed by atoms with van der Waals surface area (Å²) < 4.78 is 1.09. The molecule has 10 heteroatoms. The van der Waals surface area contributed by atoms with Crippen LogP contribution in [-0.4, -0.2) is 31.7 Å². The first-order valence-corrected chi connectivity index (χ1v) is 6.19. The van der Waals surface area contributed by atoms with Gasteiger partial charge in [-0.15, -0.1) is 0 Å². The van der Waals surface area contributed by atoms with Crippen molar-refractivity contribution >= 4 is 34.9 Å². The maximum Gasteiger partial charge on any atom is 0.356 e. The molecule has 1 aromatic carbocycles. The van der Waals surface area contributed by atoms with Crippen LogP contribution in [0.25, 0.3) is 0 Å². The number of benzene rings is 1. The maximum absolute atomic E-state index is 12.1. The third kappa shape index (κ3) is 2.88. The van der Waals surface area contributed by atoms with E-state index >= 15 is 0 Å². The van der Waals surface area contributed by atoms with Crippen LogP contribution in [0, 0.1) is 10.1 Å². The van der Waals surface area contributed by atoms with E-state index in [1.165, 1.54) is 25.4 Å². The number of amides is 1. The van der Waals surface area contributed by atoms with Gasteiger partial charge in [0, 0.05) is 18.7 Å². The van der Waals surface area contributed by atoms with Crippen LogP contribution in [0.1, 0.15) is 20.8 Å². The monoisotopic (exact) mass is 324 g/mol. The molecule has 114 valence electrons. The summed E-state index contributed by atoms with van der Waals surface area (Å²) in [5.41, 5.74) is -0.676. The van der Waals surface area contributed by atoms with Gasteiger partial charge >= 0.3 is 5.97 Å². The Morgan fingerprint density at radius 1 is 1.45 bits per heavy atom. The SMILES string of the molecule is Cn1ncc(NC(=O)c2ccc(Cl)c([N+](=O)[O-])c2)c1C(=O)O. The first kappa shape index (κ1) is 15.4. The molecule has 0 aliphatic rings. The van der Waals surface area contributed by atoms with Crippen LogP contribution in [0.4, 0.5) is 11.4 Å². The lowest BCUT2D eigenvalue weighted by atomic mass is 10.2. The summed E-state index contributed by atoms with van der Waals surface area (Å²) in [4.78, 5) is 33.3. The number of carboxylic acid groups (broad SMARTS) is 1. The number of hydrogen-bond acceptors (Lipinski definition) is 5. The molecule has 0 saturated carbocycles. The van der Waals surface area contributed by atoms with E-state index in [0.717, 1.165) is 10.7 Å². The summed E-state index contributed by atoms with van der Waals surface area (Å²) in [6, 6.07) is 3.52. The molecule has 1 amide bonds. The Labute approximate surface area is 128 Å². The van der Waals surface area contributed by atoms with E-state index in [1.807, 2.05) is 0 Å². The lowest BCUT2D eigenvalue weighted by molar-refractivity contribution is -0.384. The zero-order valence-corrected chi connectivity index (χ0v) is 11.9. The fourth-order valence-electron chi connectivity index (χ4n) is 1.77. The molecule has 1 heterocycles. The fraction of sp³-hybridized carbons (Fsp3) is 0.0833. The van der Waals surface area contributed by atoms with Gasteiger partial charge in [-0.3, -0.25) is 19.6 Å². The molecule has 0 radical (unpaired) electrons. The third-order valence-corrected chi connectivity index (χ3v) is 3.11. The third-order valence-electron chi connectivity index (χ3n) is 2.79. The number of halogens is 1. The highest BCUT2D eigenvalue weighted by Crippen LogP contribution is 2.25. The van der Waals surface area contributed by atoms with E-state index in [1.54, 1.807) is 0 Å². The molecule has 0 aliphatic heterocycles. The number of nitro groups is 1. The predicted molar refractivity (Wildman–Crippen MR) is 76.2 cm³/mol. The van der Waals surface area contributed by atoms with Crippen molar-refractivity contribution in [1.29, 1.82) is 0 Å². The molecule has 2 N–H and O–H groups in total. The van der Waals surface area contributed by atoms with Crippen molar-refractivity contribution in [2.45, 2.75) is 0 Å². The molecule has 0 aliphatic carbocycles. The van der Waals surface area contributed by atoms with Crippen LogP contribution in [0.3, 0.4) is 0 Å². The lowest BCUT2D eigenvalue weighted by Gasteiger charge is -2.05. The molecule has 0 unspecified atom stereocenters. The van der Waals surface area contributed by atoms with Crippen LogP contribution in [-0.2, 0) is 7.05 Å². The lowest BCUT2D eigenvalue weighted by Crippen LogP contribution is -2.15. The normalized spacial score (nSPS) is 10.3. The molecule has 2 aromatic rings. The summed E-state index contributed by atoms with van der Waals surface area (Å²) in [6.07, 6.45) is 1.17. The smallest absolute Gasteiger partial charge is 0.356 e. The van der Waals surface area contributed by atoms with Crippen LogP contribution < -0.4 is 5.32 Å². The second-order valence-corrected chi connectivity index (χ2v) is 4.62. The second kappa shape index (κ2) is 5.82. The van der Waals surface area contributed by atoms with Gasteiger partial charge in [0.2, 0.25) is 0 Å². The quantitative estimate of drug-likeness (QED) is 0.653. The number of carboxylic acids is 1. The summed E-state index contributed by atoms with van der Waals surface area (Å²) in [7, 11) is 1.41. The second-order valence-electron chi connectivity index (χ2n) is 4.21. The summed E-state index contributed by atoms with van der Waals surface area (Å²) in [5.74, 6) is -1.98. The Balaban J connectivity index is 2.32. The van der Waals surface area contributed by atoms with Gasteiger partial charge in [0.05, 0.1) is 16.8 Å². The zero-order valence-electron chi connectivity index (χ0n) is 11.1. The van der Waals surface area contributed by atoms with E-state index in [9.17, 15) is 19.7 Å². The number of anilines is 1. The maximum atomic E-state index is 12.1. The standard InChI is InChI=1S/C12H9ClN4O5/c1-16-10(12(19)20)8(5-14-16)15-11(18)6-2-3-7(13)9(4-6)17(21)22/h2-5H,1H3,(H,15,18)(H,19,20). The number of nitro benzene ring substituents is 1. The van der Waals surface area contributed by atoms with E-state index < -0.39 is 22.5 Å². The number of rotatable bonds is 4. The zero-order chi connectivity index (χ0) is 16.4. The van der Waals surface area contributed by atoms with Gasteiger partial charge in [0.25, 0.3) is 11.6 Å². The molecule has 0 fully saturated rings. The largest absolute Gasteiger partial charge is 0.476 e. The molecule has 0 spiro atoms. The number of nitrogens with zero attached hydrogens (tertiary/aromatic N) is 3. The number of carbonyl (C=O) groups is 2. The number of aromatic carboxylic acids is 1. The van der Waals surface area contributed by atoms with Crippen LogP contribution in [0.15, 0.2) is 24.4 Å². The van der Waals surface area contributed by atoms with Crippen LogP contribution >= 0.6 is 11.6 Å². The Kier molecular flexibility index (Phi) is 4.08. The first-order chi connectivity index (χ1) is 10.3. The van der Waals surface area contributed by atoms with Crippen molar-refractivity contribution in [3.05, 3.63) is 50.8 Å². The van der Waals surface area contributed by atoms with E-state index in [2.05, 4.69) is 10.4 Å². The van der Waals surface area contributed by atoms with Crippen molar-refractivity contribution < 1.29 is 19.6 Å². The van der Waals surface area contributed by atoms with Gasteiger partial charge in [0.1, 0.15) is 5.02 Å². The fourth-order valence-corrected chi connectivity index (χ4v) is 1.96. The number of carbonyl (C=O) groups excluding carboxylic acids is 1. The molecule has 0 bridgehead atoms. The van der Waals surface area contributed by atoms with Gasteiger partial charge < -0.3 is 10.4 Å². The first-order valence-electron chi connectivity index (χ1n) is 5.82. The van der Waals surface area contributed by atoms with Crippen molar-refractivity contribution in [3.63, 3.8) is 0 Å². The van der Waals surface area contributed by atoms with Gasteiger partial charge in [-0.1, -0.05) is 11.6 Å². The molecular formula is C12H9ClN4O5. The summed E-state index contributed by atoms with van der Waals surface area (Å²) >= 11 is 5.66. The Morgan fingerprint density at radius 3 is 2.73 bits per heavy atom. The number of aromatic nitrogens is 2. The molecule has 0 atom stereocenters. The van der Waals surface area contributed by atoms with Crippen molar-refractivity contribution in [1.82, 2.24) is 9.78 Å². The molecule has 0 saturated heterocycles. The predicted octanol–water partition coefficient (Wildman–Crippen LogP) is 1.93. The highest BCUT2D eigenvalue weighted by molar-refractivity contribution is 6.32. The van der Waals surface area contributed by atoms with Crippen molar-refractivity contribution in [2.24, 2.45) is 7.05 Å². The minimum absolute atomic E-state index is 0.0161. The summed E-state index contributed by atoms with van der Waals surface area (Å²) in [5, 5.41) is 25.8. The van der Waals surface area contributed by atoms with Gasteiger partial charge in [-0.25, -0.2) is 4.79 Å². The van der Waals surface area contributed by atoms with Crippen molar-refractivity contribution in [2.75, 3.05) is 5.32 Å². The van der Waals surface area contributed by atoms with Crippen molar-refractivity contribution in [3.8, 4) is 0 Å². The van der Waals surface area contributed by atoms with Gasteiger partial charge in [-0.05, 0) is 12.1 Å². The minimum Gasteiger partial charge on any atom is -0.476 e. The summed E-state index contributed by atoms with van der Waals surface area (Å²) in [6.45, 7) is 0. The molecule has 9 nitrogen and oxygen atoms in total. The molecule has 2 rings (SSSR count). The van der Waals surface area contributed by atoms with Crippen LogP contribution in [0.2, 0.25) is 5.02 Å². The molecular weight excluding hydrogens is 316 g/mol.